The van der Waals surface area contributed by atoms with Crippen LogP contribution < -0.4 is 4.90 Å². The van der Waals surface area contributed by atoms with E-state index < -0.39 is 7.82 Å². The summed E-state index contributed by atoms with van der Waals surface area (Å²) in [5.41, 5.74) is 1.76. The van der Waals surface area contributed by atoms with Crippen LogP contribution in [0.2, 0.25) is 5.02 Å². The van der Waals surface area contributed by atoms with Crippen molar-refractivity contribution in [1.82, 2.24) is 24.5 Å². The highest BCUT2D eigenvalue weighted by Gasteiger charge is 2.37. The van der Waals surface area contributed by atoms with Gasteiger partial charge in [0, 0.05) is 54.6 Å². The molecule has 3 N–H and O–H groups in total. The topological polar surface area (TPSA) is 155 Å². The maximum atomic E-state index is 13.7. The Kier molecular flexibility index (Phi) is 9.22. The number of hydrogen-bond acceptors (Lipinski definition) is 7. The summed E-state index contributed by atoms with van der Waals surface area (Å²) < 4.78 is 25.1. The van der Waals surface area contributed by atoms with Gasteiger partial charge in [0.15, 0.2) is 11.6 Å². The van der Waals surface area contributed by atoms with Crippen LogP contribution in [0.4, 0.5) is 10.2 Å². The third-order valence-electron chi connectivity index (χ3n) is 6.55. The Labute approximate surface area is 247 Å². The van der Waals surface area contributed by atoms with Crippen molar-refractivity contribution in [3.8, 4) is 11.5 Å². The Morgan fingerprint density at radius 3 is 2.30 bits per heavy atom. The van der Waals surface area contributed by atoms with Gasteiger partial charge in [-0.1, -0.05) is 11.6 Å². The van der Waals surface area contributed by atoms with Crippen molar-refractivity contribution in [2.75, 3.05) is 4.90 Å². The summed E-state index contributed by atoms with van der Waals surface area (Å²) in [6.07, 6.45) is 7.70. The summed E-state index contributed by atoms with van der Waals surface area (Å²) in [6.45, 7) is 4.18. The van der Waals surface area contributed by atoms with E-state index in [-0.39, 0.29) is 29.6 Å². The molecule has 0 unspecified atom stereocenters. The standard InChI is InChI=1S/C25H23ClFIN6O.H3O4P/c1-13-7-15(8-14(2)34(13)25-20(28)9-16(27)11-31-25)22(35)18-12-33(3)24-17(18)10-19(26)21(32-24)23-29-5-4-6-30-23;1-5(2,3)4/h4-6,9-15H,7-8H2,1-3H3;(H3,1,2,3,4)/t13-,14-;/m1./s1. The molecule has 0 bridgehead atoms. The van der Waals surface area contributed by atoms with E-state index in [9.17, 15) is 9.18 Å². The molecule has 5 heterocycles. The Balaban J connectivity index is 0.000000681. The van der Waals surface area contributed by atoms with Crippen LogP contribution in [0.25, 0.3) is 22.6 Å². The zero-order valence-electron chi connectivity index (χ0n) is 21.6. The summed E-state index contributed by atoms with van der Waals surface area (Å²) in [5.74, 6) is 0.768. The molecule has 0 aliphatic carbocycles. The van der Waals surface area contributed by atoms with E-state index in [1.807, 2.05) is 17.8 Å². The van der Waals surface area contributed by atoms with Crippen LogP contribution in [0.1, 0.15) is 37.0 Å². The van der Waals surface area contributed by atoms with Crippen molar-refractivity contribution < 1.29 is 28.4 Å². The zero-order chi connectivity index (χ0) is 29.4. The van der Waals surface area contributed by atoms with Gasteiger partial charge in [-0.25, -0.2) is 28.9 Å². The van der Waals surface area contributed by atoms with E-state index in [4.69, 9.17) is 35.8 Å². The average molecular weight is 703 g/mol. The quantitative estimate of drug-likeness (QED) is 0.154. The molecule has 0 radical (unpaired) electrons. The van der Waals surface area contributed by atoms with Gasteiger partial charge in [-0.2, -0.15) is 0 Å². The van der Waals surface area contributed by atoms with Gasteiger partial charge < -0.3 is 24.1 Å². The van der Waals surface area contributed by atoms with E-state index in [0.717, 1.165) is 14.8 Å². The minimum absolute atomic E-state index is 0.0673. The van der Waals surface area contributed by atoms with Crippen LogP contribution in [0.15, 0.2) is 43.0 Å². The maximum Gasteiger partial charge on any atom is 0.466 e. The molecule has 11 nitrogen and oxygen atoms in total. The highest BCUT2D eigenvalue weighted by molar-refractivity contribution is 14.1. The van der Waals surface area contributed by atoms with E-state index >= 15 is 0 Å². The molecule has 0 saturated carbocycles. The number of phosphoric acid groups is 1. The monoisotopic (exact) mass is 702 g/mol. The average Bonchev–Trinajstić information content (AvgIpc) is 3.18. The summed E-state index contributed by atoms with van der Waals surface area (Å²) in [7, 11) is -2.77. The fraction of sp³-hybridized carbons (Fsp3) is 0.320. The molecule has 2 atom stereocenters. The SMILES string of the molecule is C[C@@H]1CC(C(=O)c2cn(C)c3nc(-c4ncccn4)c(Cl)cc23)C[C@@H](C)N1c1ncc(F)cc1I.O=P(O)(O)O. The van der Waals surface area contributed by atoms with Crippen molar-refractivity contribution in [3.63, 3.8) is 0 Å². The Morgan fingerprint density at radius 2 is 1.73 bits per heavy atom. The first-order valence-electron chi connectivity index (χ1n) is 12.1. The van der Waals surface area contributed by atoms with Gasteiger partial charge in [-0.3, -0.25) is 4.79 Å². The van der Waals surface area contributed by atoms with Crippen LogP contribution in [0.3, 0.4) is 0 Å². The smallest absolute Gasteiger partial charge is 0.350 e. The zero-order valence-corrected chi connectivity index (χ0v) is 25.4. The molecule has 5 rings (SSSR count). The van der Waals surface area contributed by atoms with Gasteiger partial charge in [0.05, 0.1) is 14.8 Å². The second-order valence-electron chi connectivity index (χ2n) is 9.53. The van der Waals surface area contributed by atoms with Gasteiger partial charge in [-0.05, 0) is 67.5 Å². The van der Waals surface area contributed by atoms with Gasteiger partial charge in [0.1, 0.15) is 23.0 Å². The van der Waals surface area contributed by atoms with Crippen LogP contribution in [-0.2, 0) is 11.6 Å². The molecule has 0 amide bonds. The van der Waals surface area contributed by atoms with Gasteiger partial charge in [-0.15, -0.1) is 0 Å². The van der Waals surface area contributed by atoms with Crippen molar-refractivity contribution in [3.05, 3.63) is 63.0 Å². The number of pyridine rings is 2. The molecular formula is C25H26ClFIN6O5P. The number of carbonyl (C=O) groups is 1. The number of aromatic nitrogens is 5. The highest BCUT2D eigenvalue weighted by Crippen LogP contribution is 2.37. The number of fused-ring (bicyclic) bond motifs is 1. The van der Waals surface area contributed by atoms with Crippen LogP contribution in [0, 0.1) is 15.3 Å². The molecule has 4 aromatic heterocycles. The molecule has 212 valence electrons. The summed E-state index contributed by atoms with van der Waals surface area (Å²) in [6, 6.07) is 5.14. The lowest BCUT2D eigenvalue weighted by atomic mass is 9.82. The van der Waals surface area contributed by atoms with Crippen LogP contribution >= 0.6 is 42.0 Å². The minimum atomic E-state index is -4.64. The molecular weight excluding hydrogens is 677 g/mol. The number of piperidine rings is 1. The molecule has 0 aromatic carbocycles. The maximum absolute atomic E-state index is 13.7. The normalized spacial score (nSPS) is 19.3. The lowest BCUT2D eigenvalue weighted by Crippen LogP contribution is -2.49. The summed E-state index contributed by atoms with van der Waals surface area (Å²) >= 11 is 8.68. The number of nitrogens with zero attached hydrogens (tertiary/aromatic N) is 6. The fourth-order valence-electron chi connectivity index (χ4n) is 5.08. The van der Waals surface area contributed by atoms with E-state index in [0.29, 0.717) is 40.6 Å². The fourth-order valence-corrected chi connectivity index (χ4v) is 6.03. The predicted octanol–water partition coefficient (Wildman–Crippen LogP) is 4.77. The lowest BCUT2D eigenvalue weighted by molar-refractivity contribution is 0.0878. The van der Waals surface area contributed by atoms with Crippen molar-refractivity contribution in [1.29, 1.82) is 0 Å². The first-order valence-corrected chi connectivity index (χ1v) is 15.1. The number of halogens is 3. The molecule has 40 heavy (non-hydrogen) atoms. The Bertz CT molecular complexity index is 1580. The molecule has 1 fully saturated rings. The molecule has 4 aromatic rings. The molecule has 0 spiro atoms. The number of carbonyl (C=O) groups excluding carboxylic acids is 1. The molecule has 15 heteroatoms. The van der Waals surface area contributed by atoms with Gasteiger partial charge in [0.25, 0.3) is 0 Å². The third kappa shape index (κ3) is 6.84. The molecule has 1 aliphatic heterocycles. The second kappa shape index (κ2) is 12.1. The van der Waals surface area contributed by atoms with Crippen molar-refractivity contribution in [2.24, 2.45) is 13.0 Å². The first kappa shape index (κ1) is 30.4. The second-order valence-corrected chi connectivity index (χ2v) is 12.1. The van der Waals surface area contributed by atoms with E-state index in [2.05, 4.69) is 56.3 Å². The van der Waals surface area contributed by atoms with Crippen LogP contribution in [0.5, 0.6) is 0 Å². The largest absolute Gasteiger partial charge is 0.466 e. The van der Waals surface area contributed by atoms with Crippen LogP contribution in [-0.4, -0.2) is 57.1 Å². The number of hydrogen-bond donors (Lipinski definition) is 3. The van der Waals surface area contributed by atoms with E-state index in [1.54, 1.807) is 24.5 Å². The molecule has 1 saturated heterocycles. The lowest BCUT2D eigenvalue weighted by Gasteiger charge is -2.43. The molecule has 1 aliphatic rings. The number of rotatable bonds is 4. The van der Waals surface area contributed by atoms with Gasteiger partial charge in [0.2, 0.25) is 0 Å². The highest BCUT2D eigenvalue weighted by atomic mass is 127. The third-order valence-corrected chi connectivity index (χ3v) is 7.63. The number of aryl methyl sites for hydroxylation is 1. The number of anilines is 1. The number of ketones is 1. The minimum Gasteiger partial charge on any atom is -0.350 e. The number of Topliss-reactive ketones (excluding diaryl/α,β-unsaturated/α-hetero) is 1. The summed E-state index contributed by atoms with van der Waals surface area (Å²) in [4.78, 5) is 55.0. The predicted molar refractivity (Wildman–Crippen MR) is 156 cm³/mol. The summed E-state index contributed by atoms with van der Waals surface area (Å²) in [5, 5.41) is 1.12. The first-order chi connectivity index (χ1) is 18.7. The van der Waals surface area contributed by atoms with Gasteiger partial charge >= 0.3 is 7.82 Å². The van der Waals surface area contributed by atoms with Crippen molar-refractivity contribution >= 4 is 64.6 Å². The Morgan fingerprint density at radius 1 is 1.12 bits per heavy atom. The van der Waals surface area contributed by atoms with Crippen molar-refractivity contribution in [2.45, 2.75) is 38.8 Å². The Hall–Kier alpha value is -2.55. The van der Waals surface area contributed by atoms with E-state index in [1.165, 1.54) is 12.3 Å².